The maximum absolute atomic E-state index is 13.5. The molecule has 214 valence electrons. The van der Waals surface area contributed by atoms with Gasteiger partial charge in [0, 0.05) is 47.1 Å². The van der Waals surface area contributed by atoms with Gasteiger partial charge >= 0.3 is 6.09 Å². The van der Waals surface area contributed by atoms with E-state index in [0.29, 0.717) is 58.8 Å². The van der Waals surface area contributed by atoms with Crippen molar-refractivity contribution in [2.75, 3.05) is 25.6 Å². The Morgan fingerprint density at radius 2 is 1.98 bits per heavy atom. The largest absolute Gasteiger partial charge is 0.447 e. The average molecular weight is 588 g/mol. The van der Waals surface area contributed by atoms with E-state index in [0.717, 1.165) is 17.0 Å². The van der Waals surface area contributed by atoms with Gasteiger partial charge in [-0.3, -0.25) is 14.7 Å². The molecule has 0 saturated heterocycles. The number of imidazole rings is 1. The van der Waals surface area contributed by atoms with Gasteiger partial charge in [-0.25, -0.2) is 14.8 Å². The topological polar surface area (TPSA) is 155 Å². The van der Waals surface area contributed by atoms with Crippen molar-refractivity contribution in [1.29, 1.82) is 0 Å². The molecule has 1 atom stereocenters. The van der Waals surface area contributed by atoms with Crippen molar-refractivity contribution in [3.63, 3.8) is 0 Å². The quantitative estimate of drug-likeness (QED) is 0.257. The summed E-state index contributed by atoms with van der Waals surface area (Å²) in [4.78, 5) is 38.5. The summed E-state index contributed by atoms with van der Waals surface area (Å²) in [6.07, 6.45) is 2.19. The molecule has 4 heterocycles. The fourth-order valence-corrected chi connectivity index (χ4v) is 5.20. The van der Waals surface area contributed by atoms with Gasteiger partial charge in [-0.1, -0.05) is 23.7 Å². The second-order valence-corrected chi connectivity index (χ2v) is 10.1. The molecule has 0 saturated carbocycles. The number of H-pyrrole nitrogens is 1. The second-order valence-electron chi connectivity index (χ2n) is 9.66. The van der Waals surface area contributed by atoms with Gasteiger partial charge in [-0.2, -0.15) is 4.68 Å². The van der Waals surface area contributed by atoms with Crippen molar-refractivity contribution in [2.45, 2.75) is 25.8 Å². The molecule has 2 aromatic carbocycles. The van der Waals surface area contributed by atoms with Crippen LogP contribution in [-0.2, 0) is 15.9 Å². The third kappa shape index (κ3) is 5.39. The number of nitrogens with one attached hydrogen (secondary N) is 2. The van der Waals surface area contributed by atoms with Crippen molar-refractivity contribution < 1.29 is 14.3 Å². The Morgan fingerprint density at radius 1 is 1.14 bits per heavy atom. The van der Waals surface area contributed by atoms with E-state index in [1.54, 1.807) is 34.9 Å². The molecular formula is C28H26ClN9O4. The van der Waals surface area contributed by atoms with Crippen LogP contribution in [0.4, 0.5) is 10.5 Å². The van der Waals surface area contributed by atoms with E-state index in [9.17, 15) is 9.59 Å². The average Bonchev–Trinajstić information content (AvgIpc) is 3.74. The Labute approximate surface area is 244 Å². The van der Waals surface area contributed by atoms with Gasteiger partial charge < -0.3 is 14.5 Å². The first-order valence-corrected chi connectivity index (χ1v) is 13.5. The fourth-order valence-electron chi connectivity index (χ4n) is 5.03. The number of aromatic amines is 1. The number of methoxy groups -OCH3 is 1. The standard InChI is InChI=1S/C28H26ClN9O4/c1-16-26(17-3-6-19(7-4-17)32-28(40)42-12-11-41-2)34-27(31-16)23-9-10-24-33-21(14-25(39)38(23)24)20-13-18(29)5-8-22(20)37-15-30-35-36-37/h3-8,13-15,23H,9-12H2,1-2H3,(H,31,34)(H,32,40)/t23-/m0/s1. The maximum Gasteiger partial charge on any atom is 0.411 e. The van der Waals surface area contributed by atoms with Crippen molar-refractivity contribution in [1.82, 2.24) is 39.7 Å². The highest BCUT2D eigenvalue weighted by Crippen LogP contribution is 2.33. The molecule has 1 aliphatic heterocycles. The van der Waals surface area contributed by atoms with Crippen LogP contribution >= 0.6 is 11.6 Å². The summed E-state index contributed by atoms with van der Waals surface area (Å²) in [6, 6.07) is 13.8. The predicted octanol–water partition coefficient (Wildman–Crippen LogP) is 3.97. The number of halogens is 1. The molecule has 0 bridgehead atoms. The number of ether oxygens (including phenoxy) is 2. The van der Waals surface area contributed by atoms with E-state index in [1.165, 1.54) is 24.2 Å². The van der Waals surface area contributed by atoms with Crippen LogP contribution in [0.3, 0.4) is 0 Å². The third-order valence-electron chi connectivity index (χ3n) is 6.95. The highest BCUT2D eigenvalue weighted by molar-refractivity contribution is 6.31. The molecule has 42 heavy (non-hydrogen) atoms. The van der Waals surface area contributed by atoms with Crippen LogP contribution in [0.15, 0.2) is 59.7 Å². The number of benzene rings is 2. The first kappa shape index (κ1) is 27.3. The smallest absolute Gasteiger partial charge is 0.411 e. The van der Waals surface area contributed by atoms with Crippen molar-refractivity contribution in [3.05, 3.63) is 87.6 Å². The van der Waals surface area contributed by atoms with Crippen LogP contribution in [-0.4, -0.2) is 66.1 Å². The second kappa shape index (κ2) is 11.5. The molecule has 1 amide bonds. The Bertz CT molecular complexity index is 1800. The molecule has 0 unspecified atom stereocenters. The van der Waals surface area contributed by atoms with Gasteiger partial charge in [0.25, 0.3) is 5.56 Å². The summed E-state index contributed by atoms with van der Waals surface area (Å²) < 4.78 is 13.1. The van der Waals surface area contributed by atoms with Crippen LogP contribution in [0.1, 0.15) is 29.8 Å². The molecule has 1 aliphatic rings. The molecule has 5 aromatic rings. The van der Waals surface area contributed by atoms with E-state index in [-0.39, 0.29) is 18.2 Å². The number of fused-ring (bicyclic) bond motifs is 1. The number of aromatic nitrogens is 8. The van der Waals surface area contributed by atoms with Crippen molar-refractivity contribution in [3.8, 4) is 28.2 Å². The molecule has 3 aromatic heterocycles. The molecule has 13 nitrogen and oxygen atoms in total. The Hall–Kier alpha value is -4.88. The van der Waals surface area contributed by atoms with Crippen LogP contribution in [0.2, 0.25) is 5.02 Å². The summed E-state index contributed by atoms with van der Waals surface area (Å²) >= 11 is 6.30. The minimum Gasteiger partial charge on any atom is -0.447 e. The Balaban J connectivity index is 1.25. The summed E-state index contributed by atoms with van der Waals surface area (Å²) in [7, 11) is 1.54. The van der Waals surface area contributed by atoms with Crippen molar-refractivity contribution >= 4 is 23.4 Å². The van der Waals surface area contributed by atoms with Crippen LogP contribution in [0.5, 0.6) is 0 Å². The minimum absolute atomic E-state index is 0.169. The Morgan fingerprint density at radius 3 is 2.74 bits per heavy atom. The molecule has 0 spiro atoms. The molecule has 14 heteroatoms. The number of rotatable bonds is 8. The van der Waals surface area contributed by atoms with Crippen LogP contribution in [0, 0.1) is 6.92 Å². The summed E-state index contributed by atoms with van der Waals surface area (Å²) in [5.41, 5.74) is 4.69. The fraction of sp³-hybridized carbons (Fsp3) is 0.250. The number of aryl methyl sites for hydroxylation is 2. The summed E-state index contributed by atoms with van der Waals surface area (Å²) in [5, 5.41) is 14.6. The Kier molecular flexibility index (Phi) is 7.50. The first-order chi connectivity index (χ1) is 20.4. The lowest BCUT2D eigenvalue weighted by Crippen LogP contribution is -2.25. The highest BCUT2D eigenvalue weighted by Gasteiger charge is 2.30. The lowest BCUT2D eigenvalue weighted by molar-refractivity contribution is 0.107. The number of tetrazole rings is 1. The molecule has 6 rings (SSSR count). The molecule has 0 radical (unpaired) electrons. The van der Waals surface area contributed by atoms with Crippen LogP contribution in [0.25, 0.3) is 28.2 Å². The monoisotopic (exact) mass is 587 g/mol. The summed E-state index contributed by atoms with van der Waals surface area (Å²) in [5.74, 6) is 1.34. The molecule has 0 fully saturated rings. The lowest BCUT2D eigenvalue weighted by Gasteiger charge is -2.14. The van der Waals surface area contributed by atoms with Gasteiger partial charge in [0.2, 0.25) is 0 Å². The highest BCUT2D eigenvalue weighted by atomic mass is 35.5. The molecule has 0 aliphatic carbocycles. The van der Waals surface area contributed by atoms with Gasteiger partial charge in [0.05, 0.1) is 29.7 Å². The first-order valence-electron chi connectivity index (χ1n) is 13.2. The summed E-state index contributed by atoms with van der Waals surface area (Å²) in [6.45, 7) is 2.43. The lowest BCUT2D eigenvalue weighted by atomic mass is 10.1. The minimum atomic E-state index is -0.554. The van der Waals surface area contributed by atoms with E-state index in [2.05, 4.69) is 25.8 Å². The molecular weight excluding hydrogens is 562 g/mol. The number of amides is 1. The zero-order chi connectivity index (χ0) is 29.2. The van der Waals surface area contributed by atoms with Gasteiger partial charge in [-0.15, -0.1) is 5.10 Å². The predicted molar refractivity (Wildman–Crippen MR) is 154 cm³/mol. The third-order valence-corrected chi connectivity index (χ3v) is 7.19. The van der Waals surface area contributed by atoms with E-state index in [4.69, 9.17) is 31.0 Å². The zero-order valence-electron chi connectivity index (χ0n) is 22.7. The normalized spacial score (nSPS) is 14.1. The SMILES string of the molecule is COCCOC(=O)Nc1ccc(-c2nc([C@@H]3CCc4nc(-c5cc(Cl)ccc5-n5cnnn5)cc(=O)n43)[nH]c2C)cc1. The van der Waals surface area contributed by atoms with Crippen LogP contribution < -0.4 is 10.9 Å². The van der Waals surface area contributed by atoms with Gasteiger partial charge in [0.1, 0.15) is 24.6 Å². The van der Waals surface area contributed by atoms with Gasteiger partial charge in [0.15, 0.2) is 0 Å². The number of carbonyl (C=O) groups is 1. The van der Waals surface area contributed by atoms with E-state index in [1.807, 2.05) is 19.1 Å². The van der Waals surface area contributed by atoms with E-state index < -0.39 is 6.09 Å². The zero-order valence-corrected chi connectivity index (χ0v) is 23.5. The number of anilines is 1. The number of nitrogens with zero attached hydrogens (tertiary/aromatic N) is 7. The van der Waals surface area contributed by atoms with E-state index >= 15 is 0 Å². The number of carbonyl (C=O) groups excluding carboxylic acids is 1. The number of hydrogen-bond donors (Lipinski definition) is 2. The molecule has 2 N–H and O–H groups in total. The maximum atomic E-state index is 13.5. The van der Waals surface area contributed by atoms with Gasteiger partial charge in [-0.05, 0) is 54.1 Å². The number of hydrogen-bond acceptors (Lipinski definition) is 9. The van der Waals surface area contributed by atoms with Crippen molar-refractivity contribution in [2.24, 2.45) is 0 Å².